The molecule has 2 aliphatic rings. The van der Waals surface area contributed by atoms with Crippen LogP contribution in [0.2, 0.25) is 0 Å². The number of hydrogen-bond acceptors (Lipinski definition) is 6. The molecule has 1 atom stereocenters. The molecule has 29 heavy (non-hydrogen) atoms. The van der Waals surface area contributed by atoms with Crippen LogP contribution in [-0.4, -0.2) is 45.5 Å². The summed E-state index contributed by atoms with van der Waals surface area (Å²) in [6.45, 7) is 1.68. The largest absolute Gasteiger partial charge is 0.371 e. The summed E-state index contributed by atoms with van der Waals surface area (Å²) in [5.74, 6) is -0.215. The summed E-state index contributed by atoms with van der Waals surface area (Å²) in [7, 11) is 1.62. The van der Waals surface area contributed by atoms with Crippen LogP contribution in [0.4, 0.5) is 5.69 Å². The lowest BCUT2D eigenvalue weighted by molar-refractivity contribution is -0.136. The molecule has 0 radical (unpaired) electrons. The summed E-state index contributed by atoms with van der Waals surface area (Å²) in [5, 5.41) is 6.64. The number of amides is 2. The monoisotopic (exact) mass is 397 g/mol. The number of aromatic nitrogens is 3. The molecule has 1 aromatic heterocycles. The van der Waals surface area contributed by atoms with Crippen LogP contribution >= 0.6 is 0 Å². The Morgan fingerprint density at radius 3 is 2.38 bits per heavy atom. The second-order valence-electron chi connectivity index (χ2n) is 7.58. The highest BCUT2D eigenvalue weighted by Crippen LogP contribution is 2.26. The smallest absolute Gasteiger partial charge is 0.346 e. The van der Waals surface area contributed by atoms with Gasteiger partial charge in [-0.2, -0.15) is 0 Å². The predicted molar refractivity (Wildman–Crippen MR) is 105 cm³/mol. The van der Waals surface area contributed by atoms with Gasteiger partial charge in [0.25, 0.3) is 5.91 Å². The van der Waals surface area contributed by atoms with Crippen LogP contribution in [0, 0.1) is 5.92 Å². The minimum absolute atomic E-state index is 0.149. The van der Waals surface area contributed by atoms with Crippen molar-refractivity contribution >= 4 is 23.8 Å². The van der Waals surface area contributed by atoms with Crippen LogP contribution in [0.25, 0.3) is 11.4 Å². The molecular formula is C20H23N5O4. The lowest BCUT2D eigenvalue weighted by Gasteiger charge is -2.31. The van der Waals surface area contributed by atoms with Gasteiger partial charge in [0.05, 0.1) is 0 Å². The van der Waals surface area contributed by atoms with E-state index >= 15 is 0 Å². The first-order chi connectivity index (χ1) is 14.0. The number of rotatable bonds is 4. The molecule has 1 N–H and O–H groups in total. The van der Waals surface area contributed by atoms with E-state index < -0.39 is 17.6 Å². The Morgan fingerprint density at radius 1 is 1.07 bits per heavy atom. The zero-order valence-electron chi connectivity index (χ0n) is 16.2. The van der Waals surface area contributed by atoms with Gasteiger partial charge in [0.15, 0.2) is 5.82 Å². The van der Waals surface area contributed by atoms with Gasteiger partial charge in [-0.25, -0.2) is 9.48 Å². The molecule has 2 aromatic rings. The van der Waals surface area contributed by atoms with Gasteiger partial charge in [0.2, 0.25) is 5.91 Å². The predicted octanol–water partition coefficient (Wildman–Crippen LogP) is 0.642. The number of piperidine rings is 2. The van der Waals surface area contributed by atoms with Gasteiger partial charge in [0, 0.05) is 43.7 Å². The Hall–Kier alpha value is -3.23. The number of nitrogens with zero attached hydrogens (tertiary/aromatic N) is 4. The highest BCUT2D eigenvalue weighted by molar-refractivity contribution is 5.99. The second kappa shape index (κ2) is 7.65. The van der Waals surface area contributed by atoms with Crippen molar-refractivity contribution in [2.75, 3.05) is 18.0 Å². The Labute approximate surface area is 167 Å². The van der Waals surface area contributed by atoms with Crippen molar-refractivity contribution in [2.24, 2.45) is 13.0 Å². The van der Waals surface area contributed by atoms with E-state index in [1.165, 1.54) is 4.57 Å². The third-order valence-corrected chi connectivity index (χ3v) is 5.73. The van der Waals surface area contributed by atoms with E-state index in [-0.39, 0.29) is 24.7 Å². The van der Waals surface area contributed by atoms with E-state index in [1.807, 2.05) is 24.3 Å². The average Bonchev–Trinajstić information content (AvgIpc) is 3.03. The van der Waals surface area contributed by atoms with Crippen molar-refractivity contribution in [3.63, 3.8) is 0 Å². The molecule has 152 valence electrons. The zero-order valence-corrected chi connectivity index (χ0v) is 16.2. The second-order valence-corrected chi connectivity index (χ2v) is 7.58. The number of aldehydes is 1. The molecule has 2 amide bonds. The summed E-state index contributed by atoms with van der Waals surface area (Å²) in [5.41, 5.74) is 1.43. The third kappa shape index (κ3) is 3.59. The Bertz CT molecular complexity index is 999. The number of anilines is 1. The number of carbonyl (C=O) groups excluding carboxylic acids is 3. The standard InChI is InChI=1S/C20H23N5O4/c1-23-18(22-25(20(23)29)16-6-7-17(27)21-19(16)28)14-2-4-15(5-3-14)24-10-8-13(12-26)9-11-24/h2-5,12-13,16H,6-11H2,1H3,(H,21,27,28). The van der Waals surface area contributed by atoms with Gasteiger partial charge in [-0.1, -0.05) is 0 Å². The molecule has 2 fully saturated rings. The normalized spacial score (nSPS) is 20.6. The summed E-state index contributed by atoms with van der Waals surface area (Å²) < 4.78 is 2.57. The van der Waals surface area contributed by atoms with Gasteiger partial charge in [0.1, 0.15) is 12.3 Å². The molecule has 9 nitrogen and oxygen atoms in total. The van der Waals surface area contributed by atoms with Gasteiger partial charge >= 0.3 is 5.69 Å². The molecule has 0 bridgehead atoms. The minimum atomic E-state index is -0.779. The number of imide groups is 1. The first-order valence-corrected chi connectivity index (χ1v) is 9.78. The van der Waals surface area contributed by atoms with E-state index in [1.54, 1.807) is 7.05 Å². The molecule has 0 spiro atoms. The van der Waals surface area contributed by atoms with E-state index in [2.05, 4.69) is 15.3 Å². The van der Waals surface area contributed by atoms with E-state index in [0.29, 0.717) is 5.82 Å². The van der Waals surface area contributed by atoms with Crippen molar-refractivity contribution < 1.29 is 14.4 Å². The summed E-state index contributed by atoms with van der Waals surface area (Å²) in [6, 6.07) is 6.98. The van der Waals surface area contributed by atoms with E-state index in [0.717, 1.165) is 48.1 Å². The Morgan fingerprint density at radius 2 is 1.76 bits per heavy atom. The maximum absolute atomic E-state index is 12.6. The van der Waals surface area contributed by atoms with Gasteiger partial charge in [-0.15, -0.1) is 5.10 Å². The van der Waals surface area contributed by atoms with E-state index in [9.17, 15) is 19.2 Å². The lowest BCUT2D eigenvalue weighted by atomic mass is 9.98. The fraction of sp³-hybridized carbons (Fsp3) is 0.450. The molecular weight excluding hydrogens is 374 g/mol. The zero-order chi connectivity index (χ0) is 20.5. The van der Waals surface area contributed by atoms with Gasteiger partial charge in [-0.05, 0) is 43.5 Å². The number of nitrogens with one attached hydrogen (secondary N) is 1. The summed E-state index contributed by atoms with van der Waals surface area (Å²) in [6.07, 6.45) is 3.20. The molecule has 1 unspecified atom stereocenters. The minimum Gasteiger partial charge on any atom is -0.371 e. The fourth-order valence-corrected chi connectivity index (χ4v) is 3.94. The van der Waals surface area contributed by atoms with Crippen LogP contribution in [0.5, 0.6) is 0 Å². The van der Waals surface area contributed by atoms with Crippen molar-refractivity contribution in [1.82, 2.24) is 19.7 Å². The number of carbonyl (C=O) groups is 3. The highest BCUT2D eigenvalue weighted by Gasteiger charge is 2.31. The Balaban J connectivity index is 1.56. The van der Waals surface area contributed by atoms with Crippen LogP contribution in [-0.2, 0) is 21.4 Å². The van der Waals surface area contributed by atoms with Crippen LogP contribution in [0.3, 0.4) is 0 Å². The molecule has 4 rings (SSSR count). The highest BCUT2D eigenvalue weighted by atomic mass is 16.2. The molecule has 3 heterocycles. The van der Waals surface area contributed by atoms with Crippen molar-refractivity contribution in [3.05, 3.63) is 34.7 Å². The van der Waals surface area contributed by atoms with Crippen LogP contribution in [0.15, 0.2) is 29.1 Å². The summed E-state index contributed by atoms with van der Waals surface area (Å²) in [4.78, 5) is 49.3. The van der Waals surface area contributed by atoms with Crippen LogP contribution < -0.4 is 15.9 Å². The molecule has 2 aliphatic heterocycles. The lowest BCUT2D eigenvalue weighted by Crippen LogP contribution is -2.44. The van der Waals surface area contributed by atoms with Crippen molar-refractivity contribution in [2.45, 2.75) is 31.7 Å². The van der Waals surface area contributed by atoms with Gasteiger partial charge < -0.3 is 9.69 Å². The quantitative estimate of drug-likeness (QED) is 0.600. The molecule has 2 saturated heterocycles. The van der Waals surface area contributed by atoms with Crippen molar-refractivity contribution in [1.29, 1.82) is 0 Å². The molecule has 9 heteroatoms. The average molecular weight is 397 g/mol. The summed E-state index contributed by atoms with van der Waals surface area (Å²) >= 11 is 0. The first kappa shape index (κ1) is 19.1. The van der Waals surface area contributed by atoms with Crippen molar-refractivity contribution in [3.8, 4) is 11.4 Å². The third-order valence-electron chi connectivity index (χ3n) is 5.73. The maximum Gasteiger partial charge on any atom is 0.346 e. The van der Waals surface area contributed by atoms with E-state index in [4.69, 9.17) is 0 Å². The SMILES string of the molecule is Cn1c(-c2ccc(N3CCC(C=O)CC3)cc2)nn(C2CCC(=O)NC2=O)c1=O. The maximum atomic E-state index is 12.6. The first-order valence-electron chi connectivity index (χ1n) is 9.78. The molecule has 0 aliphatic carbocycles. The topological polar surface area (TPSA) is 106 Å². The fourth-order valence-electron chi connectivity index (χ4n) is 3.94. The molecule has 0 saturated carbocycles. The van der Waals surface area contributed by atoms with Gasteiger partial charge in [-0.3, -0.25) is 19.5 Å². The Kier molecular flexibility index (Phi) is 5.04. The molecule has 1 aromatic carbocycles. The number of hydrogen-bond donors (Lipinski definition) is 1. The number of benzene rings is 1. The van der Waals surface area contributed by atoms with Crippen LogP contribution in [0.1, 0.15) is 31.7 Å².